The number of hydrogen-bond donors (Lipinski definition) is 0. The minimum Gasteiger partial charge on any atom is -0.497 e. The SMILES string of the molecule is COc1cc(C#N)c(CC#N)c(C(F)(F)F)c1. The van der Waals surface area contributed by atoms with Crippen LogP contribution in [0.5, 0.6) is 5.75 Å². The number of alkyl halides is 3. The van der Waals surface area contributed by atoms with Gasteiger partial charge in [-0.2, -0.15) is 23.7 Å². The van der Waals surface area contributed by atoms with Gasteiger partial charge in [0, 0.05) is 0 Å². The minimum absolute atomic E-state index is 0.0597. The molecule has 0 saturated carbocycles. The van der Waals surface area contributed by atoms with Gasteiger partial charge in [0.25, 0.3) is 0 Å². The molecule has 0 heterocycles. The zero-order valence-corrected chi connectivity index (χ0v) is 8.80. The Labute approximate surface area is 95.7 Å². The predicted molar refractivity (Wildman–Crippen MR) is 52.0 cm³/mol. The number of ether oxygens (including phenoxy) is 1. The van der Waals surface area contributed by atoms with Crippen molar-refractivity contribution in [2.75, 3.05) is 7.11 Å². The predicted octanol–water partition coefficient (Wildman–Crippen LogP) is 2.65. The highest BCUT2D eigenvalue weighted by Crippen LogP contribution is 2.36. The van der Waals surface area contributed by atoms with Gasteiger partial charge in [0.1, 0.15) is 5.75 Å². The van der Waals surface area contributed by atoms with E-state index in [0.717, 1.165) is 6.07 Å². The Bertz CT molecular complexity index is 509. The van der Waals surface area contributed by atoms with Crippen molar-refractivity contribution in [2.24, 2.45) is 0 Å². The maximum absolute atomic E-state index is 12.7. The number of nitriles is 2. The van der Waals surface area contributed by atoms with Crippen LogP contribution >= 0.6 is 0 Å². The topological polar surface area (TPSA) is 56.8 Å². The van der Waals surface area contributed by atoms with Crippen molar-refractivity contribution < 1.29 is 17.9 Å². The molecule has 0 radical (unpaired) electrons. The van der Waals surface area contributed by atoms with Gasteiger partial charge in [-0.1, -0.05) is 0 Å². The van der Waals surface area contributed by atoms with E-state index in [9.17, 15) is 13.2 Å². The molecule has 0 fully saturated rings. The summed E-state index contributed by atoms with van der Waals surface area (Å²) in [6.07, 6.45) is -5.09. The molecule has 88 valence electrons. The van der Waals surface area contributed by atoms with E-state index >= 15 is 0 Å². The van der Waals surface area contributed by atoms with Crippen molar-refractivity contribution in [3.05, 3.63) is 28.8 Å². The van der Waals surface area contributed by atoms with E-state index in [1.807, 2.05) is 0 Å². The number of nitrogens with zero attached hydrogens (tertiary/aromatic N) is 2. The van der Waals surface area contributed by atoms with Crippen molar-refractivity contribution in [1.82, 2.24) is 0 Å². The fourth-order valence-corrected chi connectivity index (χ4v) is 1.39. The third kappa shape index (κ3) is 2.67. The molecule has 0 aliphatic carbocycles. The molecule has 0 atom stereocenters. The average molecular weight is 240 g/mol. The summed E-state index contributed by atoms with van der Waals surface area (Å²) < 4.78 is 42.9. The van der Waals surface area contributed by atoms with Crippen LogP contribution in [0.15, 0.2) is 12.1 Å². The first-order valence-corrected chi connectivity index (χ1v) is 4.49. The third-order valence-corrected chi connectivity index (χ3v) is 2.14. The van der Waals surface area contributed by atoms with Crippen molar-refractivity contribution in [1.29, 1.82) is 10.5 Å². The fourth-order valence-electron chi connectivity index (χ4n) is 1.39. The van der Waals surface area contributed by atoms with Gasteiger partial charge in [0.05, 0.1) is 36.8 Å². The molecule has 1 aromatic carbocycles. The molecule has 3 nitrogen and oxygen atoms in total. The zero-order valence-electron chi connectivity index (χ0n) is 8.80. The quantitative estimate of drug-likeness (QED) is 0.798. The molecule has 0 aliphatic heterocycles. The van der Waals surface area contributed by atoms with Crippen LogP contribution in [0.2, 0.25) is 0 Å². The molecule has 0 unspecified atom stereocenters. The largest absolute Gasteiger partial charge is 0.497 e. The molecule has 0 saturated heterocycles. The number of rotatable bonds is 2. The van der Waals surface area contributed by atoms with Gasteiger partial charge >= 0.3 is 6.18 Å². The van der Waals surface area contributed by atoms with E-state index in [0.29, 0.717) is 0 Å². The van der Waals surface area contributed by atoms with Crippen molar-refractivity contribution in [2.45, 2.75) is 12.6 Å². The van der Waals surface area contributed by atoms with E-state index in [1.165, 1.54) is 13.2 Å². The highest BCUT2D eigenvalue weighted by atomic mass is 19.4. The van der Waals surface area contributed by atoms with E-state index in [1.54, 1.807) is 12.1 Å². The van der Waals surface area contributed by atoms with Crippen LogP contribution in [0, 0.1) is 22.7 Å². The van der Waals surface area contributed by atoms with Gasteiger partial charge in [0.15, 0.2) is 0 Å². The monoisotopic (exact) mass is 240 g/mol. The van der Waals surface area contributed by atoms with E-state index < -0.39 is 18.2 Å². The normalized spacial score (nSPS) is 10.5. The first-order valence-electron chi connectivity index (χ1n) is 4.49. The first-order chi connectivity index (χ1) is 7.93. The second kappa shape index (κ2) is 4.75. The maximum atomic E-state index is 12.7. The molecule has 1 aromatic rings. The number of benzene rings is 1. The van der Waals surface area contributed by atoms with Crippen LogP contribution < -0.4 is 4.74 Å². The Morgan fingerprint density at radius 2 is 1.94 bits per heavy atom. The number of methoxy groups -OCH3 is 1. The fraction of sp³-hybridized carbons (Fsp3) is 0.273. The second-order valence-corrected chi connectivity index (χ2v) is 3.15. The maximum Gasteiger partial charge on any atom is 0.416 e. The molecule has 0 aliphatic rings. The summed E-state index contributed by atoms with van der Waals surface area (Å²) in [5.74, 6) is -0.0597. The van der Waals surface area contributed by atoms with Gasteiger partial charge in [-0.15, -0.1) is 0 Å². The Balaban J connectivity index is 3.55. The van der Waals surface area contributed by atoms with Crippen molar-refractivity contribution in [3.8, 4) is 17.9 Å². The van der Waals surface area contributed by atoms with E-state index in [4.69, 9.17) is 15.3 Å². The van der Waals surface area contributed by atoms with Crippen LogP contribution in [0.25, 0.3) is 0 Å². The Morgan fingerprint density at radius 3 is 2.35 bits per heavy atom. The smallest absolute Gasteiger partial charge is 0.416 e. The molecule has 0 bridgehead atoms. The van der Waals surface area contributed by atoms with Gasteiger partial charge in [-0.25, -0.2) is 0 Å². The average Bonchev–Trinajstić information content (AvgIpc) is 2.28. The van der Waals surface area contributed by atoms with Crippen LogP contribution in [-0.2, 0) is 12.6 Å². The molecule has 0 amide bonds. The lowest BCUT2D eigenvalue weighted by molar-refractivity contribution is -0.138. The summed E-state index contributed by atoms with van der Waals surface area (Å²) in [5.41, 5.74) is -1.52. The third-order valence-electron chi connectivity index (χ3n) is 2.14. The molecular formula is C11H7F3N2O. The molecule has 0 N–H and O–H groups in total. The summed E-state index contributed by atoms with van der Waals surface area (Å²) in [6.45, 7) is 0. The van der Waals surface area contributed by atoms with Gasteiger partial charge < -0.3 is 4.74 Å². The standard InChI is InChI=1S/C11H7F3N2O/c1-17-8-4-7(6-16)9(2-3-15)10(5-8)11(12,13)14/h4-5H,2H2,1H3. The molecule has 1 rings (SSSR count). The van der Waals surface area contributed by atoms with Crippen LogP contribution in [0.1, 0.15) is 16.7 Å². The molecule has 17 heavy (non-hydrogen) atoms. The minimum atomic E-state index is -4.62. The van der Waals surface area contributed by atoms with E-state index in [2.05, 4.69) is 0 Å². The second-order valence-electron chi connectivity index (χ2n) is 3.15. The highest BCUT2D eigenvalue weighted by Gasteiger charge is 2.35. The summed E-state index contributed by atoms with van der Waals surface area (Å²) in [4.78, 5) is 0. The number of hydrogen-bond acceptors (Lipinski definition) is 3. The highest BCUT2D eigenvalue weighted by molar-refractivity contribution is 5.50. The summed E-state index contributed by atoms with van der Waals surface area (Å²) in [7, 11) is 1.21. The van der Waals surface area contributed by atoms with E-state index in [-0.39, 0.29) is 16.9 Å². The molecule has 6 heteroatoms. The summed E-state index contributed by atoms with van der Waals surface area (Å²) in [6, 6.07) is 5.22. The number of halogens is 3. The molecular weight excluding hydrogens is 233 g/mol. The van der Waals surface area contributed by atoms with Gasteiger partial charge in [-0.05, 0) is 17.7 Å². The summed E-state index contributed by atoms with van der Waals surface area (Å²) in [5, 5.41) is 17.3. The van der Waals surface area contributed by atoms with Crippen LogP contribution in [0.4, 0.5) is 13.2 Å². The molecule has 0 aromatic heterocycles. The van der Waals surface area contributed by atoms with Crippen molar-refractivity contribution in [3.63, 3.8) is 0 Å². The lowest BCUT2D eigenvalue weighted by atomic mass is 9.98. The zero-order chi connectivity index (χ0) is 13.1. The van der Waals surface area contributed by atoms with Gasteiger partial charge in [0.2, 0.25) is 0 Å². The van der Waals surface area contributed by atoms with Crippen LogP contribution in [0.3, 0.4) is 0 Å². The van der Waals surface area contributed by atoms with Crippen molar-refractivity contribution >= 4 is 0 Å². The summed E-state index contributed by atoms with van der Waals surface area (Å²) >= 11 is 0. The first kappa shape index (κ1) is 12.9. The Hall–Kier alpha value is -2.21. The Kier molecular flexibility index (Phi) is 3.59. The molecule has 0 spiro atoms. The Morgan fingerprint density at radius 1 is 1.29 bits per heavy atom. The van der Waals surface area contributed by atoms with Gasteiger partial charge in [-0.3, -0.25) is 0 Å². The lowest BCUT2D eigenvalue weighted by Crippen LogP contribution is -2.11. The van der Waals surface area contributed by atoms with Crippen LogP contribution in [-0.4, -0.2) is 7.11 Å². The lowest BCUT2D eigenvalue weighted by Gasteiger charge is -2.14.